The van der Waals surface area contributed by atoms with Gasteiger partial charge in [-0.1, -0.05) is 12.1 Å². The maximum atomic E-state index is 11.7. The first-order valence-corrected chi connectivity index (χ1v) is 7.97. The van der Waals surface area contributed by atoms with Gasteiger partial charge in [0, 0.05) is 27.2 Å². The zero-order valence-electron chi connectivity index (χ0n) is 12.9. The third-order valence-corrected chi connectivity index (χ3v) is 4.17. The van der Waals surface area contributed by atoms with Crippen molar-refractivity contribution in [3.05, 3.63) is 29.8 Å². The molecule has 0 saturated carbocycles. The lowest BCUT2D eigenvalue weighted by Crippen LogP contribution is -2.38. The van der Waals surface area contributed by atoms with E-state index in [1.807, 2.05) is 6.07 Å². The van der Waals surface area contributed by atoms with Crippen molar-refractivity contribution in [1.29, 1.82) is 0 Å². The highest BCUT2D eigenvalue weighted by molar-refractivity contribution is 14.0. The minimum atomic E-state index is -3.42. The lowest BCUT2D eigenvalue weighted by Gasteiger charge is -2.12. The van der Waals surface area contributed by atoms with Gasteiger partial charge >= 0.3 is 0 Å². The summed E-state index contributed by atoms with van der Waals surface area (Å²) in [7, 11) is 1.27. The number of ether oxygens (including phenoxy) is 1. The minimum Gasteiger partial charge on any atom is -0.383 e. The van der Waals surface area contributed by atoms with E-state index >= 15 is 0 Å². The van der Waals surface area contributed by atoms with Crippen molar-refractivity contribution >= 4 is 40.0 Å². The number of guanidine groups is 1. The van der Waals surface area contributed by atoms with Crippen molar-refractivity contribution in [2.24, 2.45) is 4.99 Å². The number of hydrogen-bond donors (Lipinski definition) is 3. The second-order valence-electron chi connectivity index (χ2n) is 4.20. The van der Waals surface area contributed by atoms with Crippen molar-refractivity contribution in [3.8, 4) is 0 Å². The van der Waals surface area contributed by atoms with E-state index in [-0.39, 0.29) is 28.9 Å². The maximum Gasteiger partial charge on any atom is 0.240 e. The number of rotatable bonds is 7. The molecule has 1 rings (SSSR count). The molecular formula is C13H23IN4O3S. The molecule has 0 amide bonds. The van der Waals surface area contributed by atoms with E-state index in [1.165, 1.54) is 7.05 Å². The van der Waals surface area contributed by atoms with Crippen LogP contribution in [0.4, 0.5) is 0 Å². The lowest BCUT2D eigenvalue weighted by molar-refractivity contribution is 0.203. The first kappa shape index (κ1) is 21.1. The second kappa shape index (κ2) is 10.8. The second-order valence-corrected chi connectivity index (χ2v) is 6.09. The van der Waals surface area contributed by atoms with Crippen LogP contribution in [0.5, 0.6) is 0 Å². The molecule has 7 nitrogen and oxygen atoms in total. The number of halogens is 1. The molecule has 0 spiro atoms. The van der Waals surface area contributed by atoms with Crippen LogP contribution in [-0.4, -0.2) is 48.7 Å². The summed E-state index contributed by atoms with van der Waals surface area (Å²) in [5.74, 6) is 0.633. The average Bonchev–Trinajstić information content (AvgIpc) is 2.51. The SMILES string of the molecule is CN=C(NCCOC)NCc1cccc(S(=O)(=O)NC)c1.I. The van der Waals surface area contributed by atoms with Crippen molar-refractivity contribution in [3.63, 3.8) is 0 Å². The van der Waals surface area contributed by atoms with E-state index < -0.39 is 10.0 Å². The van der Waals surface area contributed by atoms with Crippen LogP contribution in [0.1, 0.15) is 5.56 Å². The highest BCUT2D eigenvalue weighted by atomic mass is 127. The van der Waals surface area contributed by atoms with Crippen molar-refractivity contribution in [2.75, 3.05) is 34.4 Å². The number of aliphatic imine (C=N–C) groups is 1. The third kappa shape index (κ3) is 6.90. The van der Waals surface area contributed by atoms with Gasteiger partial charge in [0.25, 0.3) is 0 Å². The fourth-order valence-corrected chi connectivity index (χ4v) is 2.42. The van der Waals surface area contributed by atoms with Crippen LogP contribution in [0.3, 0.4) is 0 Å². The van der Waals surface area contributed by atoms with Crippen LogP contribution in [0.25, 0.3) is 0 Å². The highest BCUT2D eigenvalue weighted by Gasteiger charge is 2.11. The Balaban J connectivity index is 0.00000441. The Labute approximate surface area is 149 Å². The summed E-state index contributed by atoms with van der Waals surface area (Å²) in [5.41, 5.74) is 0.848. The summed E-state index contributed by atoms with van der Waals surface area (Å²) in [4.78, 5) is 4.31. The highest BCUT2D eigenvalue weighted by Crippen LogP contribution is 2.10. The summed E-state index contributed by atoms with van der Waals surface area (Å²) in [5, 5.41) is 6.19. The molecule has 0 bridgehead atoms. The van der Waals surface area contributed by atoms with E-state index in [1.54, 1.807) is 32.4 Å². The average molecular weight is 442 g/mol. The smallest absolute Gasteiger partial charge is 0.240 e. The summed E-state index contributed by atoms with van der Waals surface area (Å²) in [6.07, 6.45) is 0. The first-order valence-electron chi connectivity index (χ1n) is 6.49. The molecular weight excluding hydrogens is 419 g/mol. The van der Waals surface area contributed by atoms with Crippen molar-refractivity contribution in [1.82, 2.24) is 15.4 Å². The molecule has 0 unspecified atom stereocenters. The fraction of sp³-hybridized carbons (Fsp3) is 0.462. The monoisotopic (exact) mass is 442 g/mol. The van der Waals surface area contributed by atoms with Gasteiger partial charge in [0.2, 0.25) is 10.0 Å². The van der Waals surface area contributed by atoms with Crippen LogP contribution >= 0.6 is 24.0 Å². The first-order chi connectivity index (χ1) is 10.0. The maximum absolute atomic E-state index is 11.7. The molecule has 126 valence electrons. The molecule has 22 heavy (non-hydrogen) atoms. The molecule has 0 heterocycles. The standard InChI is InChI=1S/C13H22N4O3S.HI/c1-14-13(16-7-8-20-3)17-10-11-5-4-6-12(9-11)21(18,19)15-2;/h4-6,9,15H,7-8,10H2,1-3H3,(H2,14,16,17);1H. The molecule has 0 aliphatic carbocycles. The molecule has 1 aromatic carbocycles. The Bertz CT molecular complexity index is 578. The summed E-state index contributed by atoms with van der Waals surface area (Å²) in [6.45, 7) is 1.70. The van der Waals surface area contributed by atoms with Gasteiger partial charge < -0.3 is 15.4 Å². The Morgan fingerprint density at radius 1 is 1.32 bits per heavy atom. The number of methoxy groups -OCH3 is 1. The Morgan fingerprint density at radius 2 is 2.05 bits per heavy atom. The van der Waals surface area contributed by atoms with Gasteiger partial charge in [-0.3, -0.25) is 4.99 Å². The predicted octanol–water partition coefficient (Wildman–Crippen LogP) is 0.524. The van der Waals surface area contributed by atoms with Gasteiger partial charge in [0.1, 0.15) is 0 Å². The Hall–Kier alpha value is -0.910. The van der Waals surface area contributed by atoms with Crippen molar-refractivity contribution in [2.45, 2.75) is 11.4 Å². The quantitative estimate of drug-likeness (QED) is 0.248. The normalized spacial score (nSPS) is 11.7. The molecule has 0 aliphatic rings. The van der Waals surface area contributed by atoms with Crippen LogP contribution in [-0.2, 0) is 21.3 Å². The summed E-state index contributed by atoms with van der Waals surface area (Å²) in [6, 6.07) is 6.74. The van der Waals surface area contributed by atoms with Crippen molar-refractivity contribution < 1.29 is 13.2 Å². The van der Waals surface area contributed by atoms with E-state index in [2.05, 4.69) is 20.3 Å². The van der Waals surface area contributed by atoms with E-state index in [4.69, 9.17) is 4.74 Å². The zero-order chi connectivity index (χ0) is 15.7. The third-order valence-electron chi connectivity index (χ3n) is 2.76. The van der Waals surface area contributed by atoms with Gasteiger partial charge in [-0.2, -0.15) is 0 Å². The van der Waals surface area contributed by atoms with E-state index in [9.17, 15) is 8.42 Å². The van der Waals surface area contributed by atoms with Crippen LogP contribution < -0.4 is 15.4 Å². The van der Waals surface area contributed by atoms with Gasteiger partial charge in [0.15, 0.2) is 5.96 Å². The predicted molar refractivity (Wildman–Crippen MR) is 98.2 cm³/mol. The van der Waals surface area contributed by atoms with Gasteiger partial charge in [-0.25, -0.2) is 13.1 Å². The number of nitrogens with one attached hydrogen (secondary N) is 3. The van der Waals surface area contributed by atoms with Gasteiger partial charge in [-0.15, -0.1) is 24.0 Å². The molecule has 3 N–H and O–H groups in total. The molecule has 9 heteroatoms. The number of benzene rings is 1. The van der Waals surface area contributed by atoms with Gasteiger partial charge in [0.05, 0.1) is 11.5 Å². The molecule has 0 saturated heterocycles. The summed E-state index contributed by atoms with van der Waals surface area (Å²) >= 11 is 0. The minimum absolute atomic E-state index is 0. The van der Waals surface area contributed by atoms with Crippen LogP contribution in [0.15, 0.2) is 34.2 Å². The lowest BCUT2D eigenvalue weighted by atomic mass is 10.2. The Kier molecular flexibility index (Phi) is 10.3. The van der Waals surface area contributed by atoms with E-state index in [0.29, 0.717) is 25.7 Å². The summed E-state index contributed by atoms with van der Waals surface area (Å²) < 4.78 is 30.7. The Morgan fingerprint density at radius 3 is 2.64 bits per heavy atom. The molecule has 0 aliphatic heterocycles. The molecule has 0 radical (unpaired) electrons. The van der Waals surface area contributed by atoms with Crippen LogP contribution in [0, 0.1) is 0 Å². The molecule has 1 aromatic rings. The topological polar surface area (TPSA) is 91.8 Å². The van der Waals surface area contributed by atoms with Crippen LogP contribution in [0.2, 0.25) is 0 Å². The molecule has 0 fully saturated rings. The van der Waals surface area contributed by atoms with Gasteiger partial charge in [-0.05, 0) is 24.7 Å². The molecule has 0 aromatic heterocycles. The number of sulfonamides is 1. The van der Waals surface area contributed by atoms with E-state index in [0.717, 1.165) is 5.56 Å². The fourth-order valence-electron chi connectivity index (χ4n) is 1.62. The number of nitrogens with zero attached hydrogens (tertiary/aromatic N) is 1. The molecule has 0 atom stereocenters. The zero-order valence-corrected chi connectivity index (χ0v) is 16.1. The largest absolute Gasteiger partial charge is 0.383 e. The number of hydrogen-bond acceptors (Lipinski definition) is 4.